The van der Waals surface area contributed by atoms with E-state index in [1.165, 1.54) is 0 Å². The van der Waals surface area contributed by atoms with E-state index in [1.54, 1.807) is 6.07 Å². The molecular weight excluding hydrogens is 272 g/mol. The largest absolute Gasteiger partial charge is 0.490 e. The van der Waals surface area contributed by atoms with Crippen molar-refractivity contribution in [1.29, 1.82) is 0 Å². The Labute approximate surface area is 124 Å². The molecule has 2 N–H and O–H groups in total. The predicted octanol–water partition coefficient (Wildman–Crippen LogP) is 2.47. The van der Waals surface area contributed by atoms with Crippen LogP contribution in [0.1, 0.15) is 32.6 Å². The molecule has 0 aromatic heterocycles. The van der Waals surface area contributed by atoms with Crippen molar-refractivity contribution in [3.63, 3.8) is 0 Å². The maximum atomic E-state index is 10.9. The van der Waals surface area contributed by atoms with E-state index in [0.717, 1.165) is 0 Å². The van der Waals surface area contributed by atoms with Crippen molar-refractivity contribution in [2.45, 2.75) is 38.2 Å². The summed E-state index contributed by atoms with van der Waals surface area (Å²) in [5, 5.41) is 19.5. The van der Waals surface area contributed by atoms with Crippen LogP contribution in [0.5, 0.6) is 11.5 Å². The average Bonchev–Trinajstić information content (AvgIpc) is 2.47. The second-order valence-corrected chi connectivity index (χ2v) is 5.51. The average molecular weight is 294 g/mol. The Morgan fingerprint density at radius 2 is 1.81 bits per heavy atom. The van der Waals surface area contributed by atoms with Crippen molar-refractivity contribution in [1.82, 2.24) is 0 Å². The number of carboxylic acid groups (broad SMARTS) is 1. The van der Waals surface area contributed by atoms with Crippen LogP contribution < -0.4 is 9.47 Å². The van der Waals surface area contributed by atoms with Gasteiger partial charge in [0.1, 0.15) is 6.61 Å². The number of ether oxygens (including phenoxy) is 2. The Morgan fingerprint density at radius 3 is 2.33 bits per heavy atom. The molecule has 0 atom stereocenters. The van der Waals surface area contributed by atoms with Gasteiger partial charge in [-0.2, -0.15) is 0 Å². The second-order valence-electron chi connectivity index (χ2n) is 5.51. The normalized spacial score (nSPS) is 25.3. The van der Waals surface area contributed by atoms with Gasteiger partial charge in [0.15, 0.2) is 11.5 Å². The van der Waals surface area contributed by atoms with Crippen molar-refractivity contribution in [3.05, 3.63) is 24.3 Å². The summed E-state index contributed by atoms with van der Waals surface area (Å²) in [4.78, 5) is 10.9. The number of carboxylic acids is 1. The van der Waals surface area contributed by atoms with Crippen molar-refractivity contribution < 1.29 is 24.5 Å². The van der Waals surface area contributed by atoms with Gasteiger partial charge in [-0.1, -0.05) is 12.1 Å². The predicted molar refractivity (Wildman–Crippen MR) is 77.6 cm³/mol. The zero-order chi connectivity index (χ0) is 15.3. The molecule has 1 saturated carbocycles. The lowest BCUT2D eigenvalue weighted by atomic mass is 9.79. The number of aliphatic carboxylic acids is 1. The third-order valence-corrected chi connectivity index (χ3v) is 3.91. The van der Waals surface area contributed by atoms with Gasteiger partial charge in [-0.25, -0.2) is 0 Å². The Bertz CT molecular complexity index is 477. The molecule has 0 saturated heterocycles. The van der Waals surface area contributed by atoms with Gasteiger partial charge < -0.3 is 19.7 Å². The third-order valence-electron chi connectivity index (χ3n) is 3.91. The zero-order valence-corrected chi connectivity index (χ0v) is 12.2. The molecule has 0 spiro atoms. The molecule has 1 aliphatic rings. The fourth-order valence-electron chi connectivity index (χ4n) is 2.60. The van der Waals surface area contributed by atoms with E-state index in [-0.39, 0.29) is 12.5 Å². The fraction of sp³-hybridized carbons (Fsp3) is 0.562. The van der Waals surface area contributed by atoms with Gasteiger partial charge in [0.05, 0.1) is 18.1 Å². The van der Waals surface area contributed by atoms with Crippen LogP contribution in [0.25, 0.3) is 0 Å². The highest BCUT2D eigenvalue weighted by Gasteiger charge is 2.36. The number of benzene rings is 1. The van der Waals surface area contributed by atoms with Gasteiger partial charge in [-0.3, -0.25) is 4.79 Å². The number of rotatable bonds is 6. The number of hydrogen-bond acceptors (Lipinski definition) is 4. The molecule has 0 unspecified atom stereocenters. The molecule has 1 aliphatic carbocycles. The summed E-state index contributed by atoms with van der Waals surface area (Å²) in [6.45, 7) is 2.60. The smallest absolute Gasteiger partial charge is 0.306 e. The van der Waals surface area contributed by atoms with Crippen molar-refractivity contribution in [3.8, 4) is 11.5 Å². The van der Waals surface area contributed by atoms with E-state index in [9.17, 15) is 9.90 Å². The molecular formula is C16H22O5. The fourth-order valence-corrected chi connectivity index (χ4v) is 2.60. The minimum Gasteiger partial charge on any atom is -0.490 e. The molecule has 2 rings (SSSR count). The summed E-state index contributed by atoms with van der Waals surface area (Å²) in [5.41, 5.74) is -0.953. The third kappa shape index (κ3) is 4.11. The van der Waals surface area contributed by atoms with E-state index in [4.69, 9.17) is 14.6 Å². The first-order valence-electron chi connectivity index (χ1n) is 7.34. The Balaban J connectivity index is 1.92. The van der Waals surface area contributed by atoms with Crippen molar-refractivity contribution in [2.24, 2.45) is 5.92 Å². The van der Waals surface area contributed by atoms with Crippen LogP contribution in [0, 0.1) is 5.92 Å². The van der Waals surface area contributed by atoms with Gasteiger partial charge in [-0.05, 0) is 44.7 Å². The van der Waals surface area contributed by atoms with Gasteiger partial charge >= 0.3 is 5.97 Å². The molecule has 1 aromatic carbocycles. The first-order valence-corrected chi connectivity index (χ1v) is 7.34. The van der Waals surface area contributed by atoms with Crippen LogP contribution in [0.3, 0.4) is 0 Å². The first kappa shape index (κ1) is 15.6. The summed E-state index contributed by atoms with van der Waals surface area (Å²) in [6.07, 6.45) is 1.87. The van der Waals surface area contributed by atoms with E-state index in [1.807, 2.05) is 25.1 Å². The van der Waals surface area contributed by atoms with Crippen molar-refractivity contribution in [2.75, 3.05) is 13.2 Å². The highest BCUT2D eigenvalue weighted by Crippen LogP contribution is 2.34. The number of para-hydroxylation sites is 2. The zero-order valence-electron chi connectivity index (χ0n) is 12.2. The van der Waals surface area contributed by atoms with Crippen LogP contribution in [-0.2, 0) is 4.79 Å². The molecule has 1 fully saturated rings. The minimum absolute atomic E-state index is 0.156. The maximum absolute atomic E-state index is 10.9. The molecule has 0 bridgehead atoms. The Morgan fingerprint density at radius 1 is 1.24 bits per heavy atom. The molecule has 0 aliphatic heterocycles. The summed E-state index contributed by atoms with van der Waals surface area (Å²) >= 11 is 0. The SMILES string of the molecule is CCOc1ccccc1OCC1(O)CCC(C(=O)O)CC1. The van der Waals surface area contributed by atoms with Crippen LogP contribution in [0.2, 0.25) is 0 Å². The maximum Gasteiger partial charge on any atom is 0.306 e. The van der Waals surface area contributed by atoms with Crippen LogP contribution >= 0.6 is 0 Å². The van der Waals surface area contributed by atoms with Gasteiger partial charge in [0, 0.05) is 0 Å². The van der Waals surface area contributed by atoms with Gasteiger partial charge in [0.25, 0.3) is 0 Å². The number of carbonyl (C=O) groups is 1. The van der Waals surface area contributed by atoms with Gasteiger partial charge in [-0.15, -0.1) is 0 Å². The van der Waals surface area contributed by atoms with Crippen LogP contribution in [0.15, 0.2) is 24.3 Å². The summed E-state index contributed by atoms with van der Waals surface area (Å²) in [5.74, 6) is 0.136. The van der Waals surface area contributed by atoms with E-state index in [0.29, 0.717) is 43.8 Å². The molecule has 0 radical (unpaired) electrons. The summed E-state index contributed by atoms with van der Waals surface area (Å²) < 4.78 is 11.2. The number of aliphatic hydroxyl groups is 1. The van der Waals surface area contributed by atoms with Gasteiger partial charge in [0.2, 0.25) is 0 Å². The second kappa shape index (κ2) is 6.80. The molecule has 1 aromatic rings. The molecule has 21 heavy (non-hydrogen) atoms. The van der Waals surface area contributed by atoms with Crippen molar-refractivity contribution >= 4 is 5.97 Å². The monoisotopic (exact) mass is 294 g/mol. The van der Waals surface area contributed by atoms with Crippen LogP contribution in [0.4, 0.5) is 0 Å². The standard InChI is InChI=1S/C16H22O5/c1-2-20-13-5-3-4-6-14(13)21-11-16(19)9-7-12(8-10-16)15(17)18/h3-6,12,19H,2,7-11H2,1H3,(H,17,18). The molecule has 5 nitrogen and oxygen atoms in total. The lowest BCUT2D eigenvalue weighted by Crippen LogP contribution is -2.41. The van der Waals surface area contributed by atoms with E-state index >= 15 is 0 Å². The topological polar surface area (TPSA) is 76.0 Å². The lowest BCUT2D eigenvalue weighted by Gasteiger charge is -2.34. The summed E-state index contributed by atoms with van der Waals surface area (Å²) in [6, 6.07) is 7.34. The van der Waals surface area contributed by atoms with E-state index in [2.05, 4.69) is 0 Å². The number of hydrogen-bond donors (Lipinski definition) is 2. The molecule has 0 heterocycles. The molecule has 116 valence electrons. The van der Waals surface area contributed by atoms with Crippen LogP contribution in [-0.4, -0.2) is 35.0 Å². The molecule has 0 amide bonds. The lowest BCUT2D eigenvalue weighted by molar-refractivity contribution is -0.145. The van der Waals surface area contributed by atoms with E-state index < -0.39 is 11.6 Å². The highest BCUT2D eigenvalue weighted by atomic mass is 16.5. The minimum atomic E-state index is -0.953. The molecule has 5 heteroatoms. The Hall–Kier alpha value is -1.75. The quantitative estimate of drug-likeness (QED) is 0.843. The first-order chi connectivity index (χ1) is 10.0. The highest BCUT2D eigenvalue weighted by molar-refractivity contribution is 5.70. The Kier molecular flexibility index (Phi) is 5.07. The summed E-state index contributed by atoms with van der Waals surface area (Å²) in [7, 11) is 0.